The Kier molecular flexibility index (Phi) is 42.9. The van der Waals surface area contributed by atoms with Gasteiger partial charge in [-0.3, -0.25) is 0 Å². The van der Waals surface area contributed by atoms with Gasteiger partial charge in [-0.1, -0.05) is 98.6 Å². The summed E-state index contributed by atoms with van der Waals surface area (Å²) in [5, 5.41) is 23.5. The van der Waals surface area contributed by atoms with Crippen LogP contribution in [0.2, 0.25) is 0 Å². The Morgan fingerprint density at radius 3 is 1.36 bits per heavy atom. The average molecular weight is 467 g/mol. The molecule has 0 aliphatic heterocycles. The van der Waals surface area contributed by atoms with E-state index in [1.54, 1.807) is 13.0 Å². The highest BCUT2D eigenvalue weighted by atomic mass is 16.3. The number of rotatable bonds is 4. The number of hydrogen-bond donors (Lipinski definition) is 3. The van der Waals surface area contributed by atoms with E-state index < -0.39 is 0 Å². The quantitative estimate of drug-likeness (QED) is 0.426. The van der Waals surface area contributed by atoms with E-state index in [1.165, 1.54) is 24.0 Å². The molecule has 0 aromatic heterocycles. The van der Waals surface area contributed by atoms with E-state index in [2.05, 4.69) is 45.0 Å². The molecule has 194 valence electrons. The Hall–Kier alpha value is -2.17. The van der Waals surface area contributed by atoms with Gasteiger partial charge in [0.2, 0.25) is 0 Å². The van der Waals surface area contributed by atoms with Gasteiger partial charge in [-0.05, 0) is 54.7 Å². The van der Waals surface area contributed by atoms with Gasteiger partial charge < -0.3 is 20.1 Å². The second-order valence-corrected chi connectivity index (χ2v) is 6.11. The first-order valence-electron chi connectivity index (χ1n) is 12.2. The van der Waals surface area contributed by atoms with Crippen molar-refractivity contribution in [2.24, 2.45) is 0 Å². The number of aliphatic hydroxyl groups is 2. The summed E-state index contributed by atoms with van der Waals surface area (Å²) < 4.78 is 0. The van der Waals surface area contributed by atoms with Crippen LogP contribution in [0.1, 0.15) is 92.7 Å². The lowest BCUT2D eigenvalue weighted by molar-refractivity contribution is -0.116. The molecule has 4 nitrogen and oxygen atoms in total. The molecule has 0 atom stereocenters. The maximum absolute atomic E-state index is 9.81. The van der Waals surface area contributed by atoms with Crippen molar-refractivity contribution in [1.29, 1.82) is 0 Å². The maximum atomic E-state index is 9.81. The topological polar surface area (TPSA) is 77.8 Å². The average Bonchev–Trinajstić information content (AvgIpc) is 2.91. The van der Waals surface area contributed by atoms with E-state index >= 15 is 0 Å². The number of unbranched alkanes of at least 4 members (excludes halogenated alkanes) is 1. The lowest BCUT2D eigenvalue weighted by Gasteiger charge is -2.05. The number of phenols is 1. The fourth-order valence-electron chi connectivity index (χ4n) is 1.77. The van der Waals surface area contributed by atoms with Crippen LogP contribution in [0.3, 0.4) is 0 Å². The minimum Gasteiger partial charge on any atom is -0.508 e. The lowest BCUT2D eigenvalue weighted by atomic mass is 10.0. The van der Waals surface area contributed by atoms with E-state index in [4.69, 9.17) is 10.2 Å². The Morgan fingerprint density at radius 1 is 0.727 bits per heavy atom. The van der Waals surface area contributed by atoms with Crippen molar-refractivity contribution in [3.05, 3.63) is 53.6 Å². The molecular weight excluding hydrogens is 412 g/mol. The van der Waals surface area contributed by atoms with Crippen LogP contribution in [0, 0.1) is 6.92 Å². The summed E-state index contributed by atoms with van der Waals surface area (Å²) in [6, 6.07) is 14.3. The normalized spacial score (nSPS) is 7.82. The number of hydrogen-bond acceptors (Lipinski definition) is 4. The molecular formula is C29H54O4. The Bertz CT molecular complexity index is 618. The van der Waals surface area contributed by atoms with E-state index in [0.29, 0.717) is 12.2 Å². The maximum Gasteiger partial charge on any atom is 0.129 e. The highest BCUT2D eigenvalue weighted by Crippen LogP contribution is 2.25. The monoisotopic (exact) mass is 466 g/mol. The Morgan fingerprint density at radius 2 is 1.09 bits per heavy atom. The first-order valence-corrected chi connectivity index (χ1v) is 12.2. The second-order valence-electron chi connectivity index (χ2n) is 6.11. The summed E-state index contributed by atoms with van der Waals surface area (Å²) in [5.41, 5.74) is 4.61. The van der Waals surface area contributed by atoms with E-state index in [0.717, 1.165) is 31.8 Å². The van der Waals surface area contributed by atoms with Gasteiger partial charge in [-0.15, -0.1) is 0 Å². The number of aryl methyl sites for hydroxylation is 2. The molecule has 0 fully saturated rings. The van der Waals surface area contributed by atoms with Gasteiger partial charge in [0, 0.05) is 20.6 Å². The van der Waals surface area contributed by atoms with Crippen LogP contribution in [0.15, 0.2) is 42.5 Å². The van der Waals surface area contributed by atoms with Gasteiger partial charge in [-0.2, -0.15) is 0 Å². The molecule has 0 radical (unpaired) electrons. The van der Waals surface area contributed by atoms with Crippen molar-refractivity contribution < 1.29 is 20.1 Å². The van der Waals surface area contributed by atoms with Gasteiger partial charge in [0.15, 0.2) is 0 Å². The highest BCUT2D eigenvalue weighted by Gasteiger charge is 2.00. The number of carbonyl (C=O) groups excluding carboxylic acids is 1. The molecule has 33 heavy (non-hydrogen) atoms. The molecule has 0 heterocycles. The molecule has 2 rings (SSSR count). The highest BCUT2D eigenvalue weighted by molar-refractivity contribution is 5.74. The standard InChI is InChI=1S/C15H16O.C4H8O.C4H10.2C2H6.2CH4O/c1-3-12-4-6-13(7-5-12)14-8-9-15(16)11(2)10-14;1-3-4(2)5;1-3-4-2;4*1-2/h4-10,16H,3H2,1-2H3;3H2,1-2H3;3-4H2,1-2H3;2*1-2H3;2*2H,1H3. The molecule has 3 N–H and O–H groups in total. The summed E-state index contributed by atoms with van der Waals surface area (Å²) in [7, 11) is 2.00. The molecule has 0 saturated carbocycles. The number of Topliss-reactive ketones (excluding diaryl/α,β-unsaturated/α-hetero) is 1. The number of benzene rings is 2. The lowest BCUT2D eigenvalue weighted by Crippen LogP contribution is -1.83. The van der Waals surface area contributed by atoms with Crippen molar-refractivity contribution in [2.75, 3.05) is 14.2 Å². The van der Waals surface area contributed by atoms with Gasteiger partial charge in [0.25, 0.3) is 0 Å². The summed E-state index contributed by atoms with van der Waals surface area (Å²) >= 11 is 0. The minimum atomic E-state index is 0.255. The smallest absolute Gasteiger partial charge is 0.129 e. The number of aromatic hydroxyl groups is 1. The van der Waals surface area contributed by atoms with E-state index in [-0.39, 0.29) is 5.78 Å². The zero-order chi connectivity index (χ0) is 27.2. The molecule has 0 amide bonds. The zero-order valence-corrected chi connectivity index (χ0v) is 23.6. The number of carbonyl (C=O) groups is 1. The van der Waals surface area contributed by atoms with Crippen LogP contribution in [-0.2, 0) is 11.2 Å². The van der Waals surface area contributed by atoms with E-state index in [1.807, 2.05) is 53.7 Å². The molecule has 2 aromatic rings. The molecule has 2 aromatic carbocycles. The van der Waals surface area contributed by atoms with Crippen molar-refractivity contribution in [3.63, 3.8) is 0 Å². The summed E-state index contributed by atoms with van der Waals surface area (Å²) in [6.45, 7) is 19.9. The van der Waals surface area contributed by atoms with Crippen LogP contribution in [0.5, 0.6) is 5.75 Å². The van der Waals surface area contributed by atoms with Crippen molar-refractivity contribution in [3.8, 4) is 16.9 Å². The Balaban J connectivity index is -0.000000128. The van der Waals surface area contributed by atoms with Gasteiger partial charge in [-0.25, -0.2) is 0 Å². The number of phenolic OH excluding ortho intramolecular Hbond substituents is 1. The fourth-order valence-corrected chi connectivity index (χ4v) is 1.77. The fraction of sp³-hybridized carbons (Fsp3) is 0.552. The largest absolute Gasteiger partial charge is 0.508 e. The molecule has 0 spiro atoms. The molecule has 0 aliphatic rings. The third-order valence-electron chi connectivity index (χ3n) is 3.89. The van der Waals surface area contributed by atoms with Crippen molar-refractivity contribution >= 4 is 5.78 Å². The van der Waals surface area contributed by atoms with Crippen LogP contribution < -0.4 is 0 Å². The van der Waals surface area contributed by atoms with E-state index in [9.17, 15) is 9.90 Å². The molecule has 0 aliphatic carbocycles. The second kappa shape index (κ2) is 34.4. The summed E-state index contributed by atoms with van der Waals surface area (Å²) in [6.07, 6.45) is 4.37. The summed E-state index contributed by atoms with van der Waals surface area (Å²) in [5.74, 6) is 0.610. The SMILES string of the molecule is CC.CC.CCC(C)=O.CCCC.CCc1ccc(-c2ccc(O)c(C)c2)cc1.CO.CO. The first kappa shape index (κ1) is 41.1. The predicted molar refractivity (Wildman–Crippen MR) is 148 cm³/mol. The molecule has 0 unspecified atom stereocenters. The molecule has 4 heteroatoms. The van der Waals surface area contributed by atoms with Gasteiger partial charge in [0.1, 0.15) is 11.5 Å². The van der Waals surface area contributed by atoms with Crippen LogP contribution in [-0.4, -0.2) is 35.3 Å². The van der Waals surface area contributed by atoms with Gasteiger partial charge in [0.05, 0.1) is 0 Å². The molecule has 0 saturated heterocycles. The third-order valence-corrected chi connectivity index (χ3v) is 3.89. The molecule has 0 bridgehead atoms. The van der Waals surface area contributed by atoms with Crippen LogP contribution >= 0.6 is 0 Å². The Labute approximate surface area is 205 Å². The first-order chi connectivity index (χ1) is 15.9. The van der Waals surface area contributed by atoms with Crippen molar-refractivity contribution in [2.45, 2.75) is 94.9 Å². The predicted octanol–water partition coefficient (Wildman–Crippen LogP) is 7.99. The number of aliphatic hydroxyl groups excluding tert-OH is 2. The van der Waals surface area contributed by atoms with Crippen molar-refractivity contribution in [1.82, 2.24) is 0 Å². The zero-order valence-electron chi connectivity index (χ0n) is 23.6. The number of ketones is 1. The summed E-state index contributed by atoms with van der Waals surface area (Å²) in [4.78, 5) is 9.81. The van der Waals surface area contributed by atoms with Crippen LogP contribution in [0.4, 0.5) is 0 Å². The minimum absolute atomic E-state index is 0.255. The van der Waals surface area contributed by atoms with Crippen LogP contribution in [0.25, 0.3) is 11.1 Å². The van der Waals surface area contributed by atoms with Gasteiger partial charge >= 0.3 is 0 Å². The third kappa shape index (κ3) is 26.0.